The molecule has 2 heterocycles. The number of hydrogen-bond acceptors (Lipinski definition) is 5. The number of amides is 2. The van der Waals surface area contributed by atoms with Crippen molar-refractivity contribution in [1.82, 2.24) is 9.97 Å². The Kier molecular flexibility index (Phi) is 5.33. The fraction of sp³-hybridized carbons (Fsp3) is 0.389. The fourth-order valence-corrected chi connectivity index (χ4v) is 2.73. The van der Waals surface area contributed by atoms with Gasteiger partial charge < -0.3 is 20.3 Å². The summed E-state index contributed by atoms with van der Waals surface area (Å²) in [5, 5.41) is 5.48. The average molecular weight is 341 g/mol. The van der Waals surface area contributed by atoms with Crippen molar-refractivity contribution in [2.45, 2.75) is 19.8 Å². The van der Waals surface area contributed by atoms with E-state index < -0.39 is 0 Å². The summed E-state index contributed by atoms with van der Waals surface area (Å²) in [5.74, 6) is 2.22. The third kappa shape index (κ3) is 4.59. The van der Waals surface area contributed by atoms with Gasteiger partial charge in [0, 0.05) is 18.8 Å². The van der Waals surface area contributed by atoms with Crippen LogP contribution in [0.2, 0.25) is 0 Å². The maximum atomic E-state index is 12.0. The topological polar surface area (TPSA) is 79.4 Å². The van der Waals surface area contributed by atoms with E-state index >= 15 is 0 Å². The van der Waals surface area contributed by atoms with Gasteiger partial charge in [0.25, 0.3) is 0 Å². The number of benzene rings is 1. The number of urea groups is 1. The molecule has 0 unspecified atom stereocenters. The number of aromatic nitrogens is 2. The van der Waals surface area contributed by atoms with Crippen molar-refractivity contribution < 1.29 is 9.53 Å². The molecule has 1 saturated heterocycles. The van der Waals surface area contributed by atoms with Crippen molar-refractivity contribution in [2.24, 2.45) is 5.92 Å². The summed E-state index contributed by atoms with van der Waals surface area (Å²) in [7, 11) is 1.60. The molecule has 2 aromatic rings. The van der Waals surface area contributed by atoms with Gasteiger partial charge in [-0.1, -0.05) is 6.92 Å². The molecule has 25 heavy (non-hydrogen) atoms. The third-order valence-electron chi connectivity index (χ3n) is 4.31. The van der Waals surface area contributed by atoms with Crippen LogP contribution in [0, 0.1) is 5.92 Å². The van der Waals surface area contributed by atoms with Gasteiger partial charge in [-0.15, -0.1) is 0 Å². The first-order chi connectivity index (χ1) is 12.1. The van der Waals surface area contributed by atoms with Crippen molar-refractivity contribution in [3.63, 3.8) is 0 Å². The van der Waals surface area contributed by atoms with Crippen LogP contribution in [0.25, 0.3) is 0 Å². The smallest absolute Gasteiger partial charge is 0.323 e. The summed E-state index contributed by atoms with van der Waals surface area (Å²) in [6.45, 7) is 4.23. The second-order valence-corrected chi connectivity index (χ2v) is 6.25. The number of carbonyl (C=O) groups is 1. The number of nitrogens with one attached hydrogen (secondary N) is 2. The summed E-state index contributed by atoms with van der Waals surface area (Å²) in [6.07, 6.45) is 5.59. The van der Waals surface area contributed by atoms with E-state index in [0.717, 1.165) is 37.6 Å². The van der Waals surface area contributed by atoms with E-state index in [4.69, 9.17) is 4.74 Å². The molecular formula is C18H23N5O2. The Labute approximate surface area is 147 Å². The van der Waals surface area contributed by atoms with Crippen LogP contribution < -0.4 is 20.3 Å². The van der Waals surface area contributed by atoms with Crippen LogP contribution in [0.15, 0.2) is 36.7 Å². The molecular weight excluding hydrogens is 318 g/mol. The molecule has 1 aliphatic heterocycles. The first-order valence-electron chi connectivity index (χ1n) is 8.43. The van der Waals surface area contributed by atoms with Gasteiger partial charge in [-0.2, -0.15) is 0 Å². The van der Waals surface area contributed by atoms with Crippen molar-refractivity contribution in [3.05, 3.63) is 36.7 Å². The second-order valence-electron chi connectivity index (χ2n) is 6.25. The molecule has 0 radical (unpaired) electrons. The largest absolute Gasteiger partial charge is 0.497 e. The number of ether oxygens (including phenoxy) is 1. The summed E-state index contributed by atoms with van der Waals surface area (Å²) in [6, 6.07) is 6.78. The summed E-state index contributed by atoms with van der Waals surface area (Å²) in [4.78, 5) is 23.0. The molecule has 0 atom stereocenters. The van der Waals surface area contributed by atoms with E-state index in [1.807, 2.05) is 0 Å². The number of methoxy groups -OCH3 is 1. The molecule has 0 spiro atoms. The standard InChI is InChI=1S/C18H23N5O2/c1-13-7-9-23(10-8-13)17-19-11-15(12-20-17)22-18(24)21-14-3-5-16(25-2)6-4-14/h3-6,11-13H,7-10H2,1-2H3,(H2,21,22,24). The van der Waals surface area contributed by atoms with Gasteiger partial charge in [0.05, 0.1) is 25.2 Å². The summed E-state index contributed by atoms with van der Waals surface area (Å²) < 4.78 is 5.09. The van der Waals surface area contributed by atoms with Crippen molar-refractivity contribution in [2.75, 3.05) is 35.7 Å². The number of piperidine rings is 1. The lowest BCUT2D eigenvalue weighted by Crippen LogP contribution is -2.34. The predicted octanol–water partition coefficient (Wildman–Crippen LogP) is 3.37. The Morgan fingerprint density at radius 3 is 2.28 bits per heavy atom. The van der Waals surface area contributed by atoms with Crippen molar-refractivity contribution in [1.29, 1.82) is 0 Å². The zero-order chi connectivity index (χ0) is 17.6. The molecule has 132 valence electrons. The van der Waals surface area contributed by atoms with E-state index in [1.165, 1.54) is 0 Å². The van der Waals surface area contributed by atoms with Crippen LogP contribution in [-0.2, 0) is 0 Å². The minimum Gasteiger partial charge on any atom is -0.497 e. The lowest BCUT2D eigenvalue weighted by atomic mass is 10.00. The van der Waals surface area contributed by atoms with Crippen LogP contribution in [0.3, 0.4) is 0 Å². The van der Waals surface area contributed by atoms with Gasteiger partial charge in [0.15, 0.2) is 0 Å². The molecule has 0 bridgehead atoms. The lowest BCUT2D eigenvalue weighted by Gasteiger charge is -2.30. The van der Waals surface area contributed by atoms with Gasteiger partial charge in [-0.05, 0) is 43.0 Å². The molecule has 2 amide bonds. The zero-order valence-electron chi connectivity index (χ0n) is 14.5. The highest BCUT2D eigenvalue weighted by atomic mass is 16.5. The van der Waals surface area contributed by atoms with E-state index in [2.05, 4.69) is 32.4 Å². The lowest BCUT2D eigenvalue weighted by molar-refractivity contribution is 0.262. The molecule has 0 aliphatic carbocycles. The molecule has 7 nitrogen and oxygen atoms in total. The molecule has 1 fully saturated rings. The Balaban J connectivity index is 1.54. The number of carbonyl (C=O) groups excluding carboxylic acids is 1. The van der Waals surface area contributed by atoms with E-state index in [-0.39, 0.29) is 6.03 Å². The Morgan fingerprint density at radius 1 is 1.08 bits per heavy atom. The molecule has 1 aliphatic rings. The van der Waals surface area contributed by atoms with Crippen LogP contribution in [0.5, 0.6) is 5.75 Å². The number of rotatable bonds is 4. The monoisotopic (exact) mass is 341 g/mol. The zero-order valence-corrected chi connectivity index (χ0v) is 14.5. The number of hydrogen-bond donors (Lipinski definition) is 2. The molecule has 0 saturated carbocycles. The van der Waals surface area contributed by atoms with Crippen molar-refractivity contribution >= 4 is 23.4 Å². The highest BCUT2D eigenvalue weighted by molar-refractivity contribution is 5.99. The fourth-order valence-electron chi connectivity index (χ4n) is 2.73. The molecule has 2 N–H and O–H groups in total. The van der Waals surface area contributed by atoms with E-state index in [0.29, 0.717) is 17.3 Å². The molecule has 3 rings (SSSR count). The molecule has 1 aromatic heterocycles. The van der Waals surface area contributed by atoms with Gasteiger partial charge in [-0.3, -0.25) is 0 Å². The Hall–Kier alpha value is -2.83. The third-order valence-corrected chi connectivity index (χ3v) is 4.31. The first kappa shape index (κ1) is 17.0. The molecule has 7 heteroatoms. The number of nitrogens with zero attached hydrogens (tertiary/aromatic N) is 3. The average Bonchev–Trinajstić information content (AvgIpc) is 2.64. The second kappa shape index (κ2) is 7.83. The quantitative estimate of drug-likeness (QED) is 0.891. The minimum atomic E-state index is -0.340. The van der Waals surface area contributed by atoms with Crippen LogP contribution in [0.4, 0.5) is 22.1 Å². The highest BCUT2D eigenvalue weighted by Gasteiger charge is 2.17. The Bertz CT molecular complexity index is 694. The van der Waals surface area contributed by atoms with Crippen LogP contribution >= 0.6 is 0 Å². The normalized spacial score (nSPS) is 14.9. The van der Waals surface area contributed by atoms with Gasteiger partial charge >= 0.3 is 6.03 Å². The highest BCUT2D eigenvalue weighted by Crippen LogP contribution is 2.20. The summed E-state index contributed by atoms with van der Waals surface area (Å²) >= 11 is 0. The Morgan fingerprint density at radius 2 is 1.68 bits per heavy atom. The number of anilines is 3. The van der Waals surface area contributed by atoms with Crippen LogP contribution in [-0.4, -0.2) is 36.2 Å². The van der Waals surface area contributed by atoms with Gasteiger partial charge in [-0.25, -0.2) is 14.8 Å². The maximum Gasteiger partial charge on any atom is 0.323 e. The SMILES string of the molecule is COc1ccc(NC(=O)Nc2cnc(N3CCC(C)CC3)nc2)cc1. The van der Waals surface area contributed by atoms with Gasteiger partial charge in [0.1, 0.15) is 5.75 Å². The molecule has 1 aromatic carbocycles. The predicted molar refractivity (Wildman–Crippen MR) is 98.3 cm³/mol. The first-order valence-corrected chi connectivity index (χ1v) is 8.43. The van der Waals surface area contributed by atoms with E-state index in [1.54, 1.807) is 43.8 Å². The summed E-state index contributed by atoms with van der Waals surface area (Å²) in [5.41, 5.74) is 1.23. The minimum absolute atomic E-state index is 0.340. The maximum absolute atomic E-state index is 12.0. The van der Waals surface area contributed by atoms with Crippen molar-refractivity contribution in [3.8, 4) is 5.75 Å². The van der Waals surface area contributed by atoms with Crippen LogP contribution in [0.1, 0.15) is 19.8 Å². The van der Waals surface area contributed by atoms with Gasteiger partial charge in [0.2, 0.25) is 5.95 Å². The van der Waals surface area contributed by atoms with E-state index in [9.17, 15) is 4.79 Å².